The molecule has 2 saturated carbocycles. The first-order valence-electron chi connectivity index (χ1n) is 16.7. The van der Waals surface area contributed by atoms with Crippen LogP contribution in [0.25, 0.3) is 0 Å². The molecule has 3 aliphatic carbocycles. The number of aromatic hydroxyl groups is 1. The first-order valence-corrected chi connectivity index (χ1v) is 16.7. The van der Waals surface area contributed by atoms with Crippen LogP contribution in [-0.2, 0) is 26.1 Å². The van der Waals surface area contributed by atoms with Crippen molar-refractivity contribution in [1.29, 1.82) is 0 Å². The Labute approximate surface area is 270 Å². The molecule has 11 heteroatoms. The van der Waals surface area contributed by atoms with E-state index in [9.17, 15) is 40.5 Å². The van der Waals surface area contributed by atoms with Gasteiger partial charge in [-0.3, -0.25) is 4.79 Å². The number of aliphatic hydroxyl groups excluding tert-OH is 5. The number of rotatable bonds is 5. The third-order valence-corrected chi connectivity index (χ3v) is 13.3. The Hall–Kier alpha value is -1.83. The van der Waals surface area contributed by atoms with E-state index in [2.05, 4.69) is 6.92 Å². The maximum Gasteiger partial charge on any atom is 0.229 e. The number of fused-ring (bicyclic) bond motifs is 5. The number of carbonyl (C=O) groups is 1. The maximum absolute atomic E-state index is 14.7. The van der Waals surface area contributed by atoms with Crippen molar-refractivity contribution < 1.29 is 54.8 Å². The number of aliphatic hydroxyl groups is 6. The summed E-state index contributed by atoms with van der Waals surface area (Å²) in [4.78, 5) is 14.7. The van der Waals surface area contributed by atoms with Gasteiger partial charge in [0.15, 0.2) is 11.5 Å². The molecule has 46 heavy (non-hydrogen) atoms. The number of Topliss-reactive ketones (excluding diaryl/α,β-unsaturated/α-hetero) is 1. The molecular weight excluding hydrogens is 596 g/mol. The van der Waals surface area contributed by atoms with Gasteiger partial charge in [-0.05, 0) is 106 Å². The highest BCUT2D eigenvalue weighted by Gasteiger charge is 2.73. The summed E-state index contributed by atoms with van der Waals surface area (Å²) in [6.45, 7) is 13.0. The summed E-state index contributed by atoms with van der Waals surface area (Å²) in [7, 11) is 0. The van der Waals surface area contributed by atoms with E-state index in [0.717, 1.165) is 12.0 Å². The average Bonchev–Trinajstić information content (AvgIpc) is 3.45. The smallest absolute Gasteiger partial charge is 0.229 e. The van der Waals surface area contributed by atoms with Crippen LogP contribution < -0.4 is 4.74 Å². The summed E-state index contributed by atoms with van der Waals surface area (Å²) in [5.74, 6) is -1.07. The van der Waals surface area contributed by atoms with E-state index >= 15 is 0 Å². The number of hydrogen-bond acceptors (Lipinski definition) is 11. The van der Waals surface area contributed by atoms with Crippen LogP contribution in [0, 0.1) is 29.6 Å². The molecule has 0 bridgehead atoms. The second kappa shape index (κ2) is 10.8. The van der Waals surface area contributed by atoms with Crippen molar-refractivity contribution in [1.82, 2.24) is 0 Å². The predicted octanol–water partition coefficient (Wildman–Crippen LogP) is 1.77. The number of phenolic OH excluding ortho intramolecular Hbond substituents is 1. The van der Waals surface area contributed by atoms with Crippen molar-refractivity contribution in [3.05, 3.63) is 22.8 Å². The molecule has 5 aliphatic rings. The van der Waals surface area contributed by atoms with Crippen molar-refractivity contribution in [3.63, 3.8) is 0 Å². The zero-order chi connectivity index (χ0) is 33.9. The fourth-order valence-electron chi connectivity index (χ4n) is 10.6. The van der Waals surface area contributed by atoms with E-state index in [-0.39, 0.29) is 35.2 Å². The van der Waals surface area contributed by atoms with Gasteiger partial charge in [0.05, 0.1) is 35.4 Å². The second-order valence-electron chi connectivity index (χ2n) is 16.3. The quantitative estimate of drug-likeness (QED) is 0.247. The molecule has 1 aromatic carbocycles. The highest BCUT2D eigenvalue weighted by atomic mass is 16.7. The fraction of sp³-hybridized carbons (Fsp3) is 0.800. The molecule has 11 nitrogen and oxygen atoms in total. The molecule has 0 aromatic heterocycles. The number of ether oxygens (including phenoxy) is 3. The molecule has 6 rings (SSSR count). The number of benzene rings is 1. The summed E-state index contributed by atoms with van der Waals surface area (Å²) in [5.41, 5.74) is -1.98. The summed E-state index contributed by atoms with van der Waals surface area (Å²) in [6.07, 6.45) is -5.69. The van der Waals surface area contributed by atoms with E-state index in [4.69, 9.17) is 14.2 Å². The largest absolute Gasteiger partial charge is 0.504 e. The van der Waals surface area contributed by atoms with Crippen LogP contribution in [0.1, 0.15) is 90.3 Å². The van der Waals surface area contributed by atoms with Gasteiger partial charge in [0.1, 0.15) is 30.2 Å². The Bertz CT molecular complexity index is 1390. The lowest BCUT2D eigenvalue weighted by Crippen LogP contribution is -2.64. The molecule has 258 valence electrons. The first kappa shape index (κ1) is 34.0. The third kappa shape index (κ3) is 4.56. The molecule has 0 unspecified atom stereocenters. The minimum absolute atomic E-state index is 0.0233. The summed E-state index contributed by atoms with van der Waals surface area (Å²) in [6, 6.07) is 1.61. The van der Waals surface area contributed by atoms with Crippen molar-refractivity contribution in [2.45, 2.75) is 147 Å². The van der Waals surface area contributed by atoms with Gasteiger partial charge in [-0.15, -0.1) is 0 Å². The molecule has 7 N–H and O–H groups in total. The number of carbonyl (C=O) groups excluding carboxylic acids is 1. The number of ketones is 1. The Morgan fingerprint density at radius 3 is 2.30 bits per heavy atom. The SMILES string of the molecule is Cc1c(O)c(O[C@@H]2O[C@H](CO)[C@@H](O)[C@H](O)[C@H]2O)cc2c1CC[C@H]1[C@@]2(C)C(=O)C[C@]2(C)[C@@H]([C@@](C)(O)[C@H]3CCC(C)(C)O3)[C@H](O)C[C@@]12C. The monoisotopic (exact) mass is 648 g/mol. The van der Waals surface area contributed by atoms with Crippen LogP contribution in [0.3, 0.4) is 0 Å². The Morgan fingerprint density at radius 2 is 1.70 bits per heavy atom. The van der Waals surface area contributed by atoms with E-state index in [1.165, 1.54) is 0 Å². The van der Waals surface area contributed by atoms with Gasteiger partial charge in [0, 0.05) is 12.3 Å². The molecule has 13 atom stereocenters. The third-order valence-electron chi connectivity index (χ3n) is 13.3. The van der Waals surface area contributed by atoms with Gasteiger partial charge >= 0.3 is 0 Å². The van der Waals surface area contributed by atoms with Crippen LogP contribution >= 0.6 is 0 Å². The Balaban J connectivity index is 1.38. The second-order valence-corrected chi connectivity index (χ2v) is 16.3. The van der Waals surface area contributed by atoms with Crippen LogP contribution in [0.4, 0.5) is 0 Å². The highest BCUT2D eigenvalue weighted by Crippen LogP contribution is 2.72. The zero-order valence-corrected chi connectivity index (χ0v) is 28.0. The van der Waals surface area contributed by atoms with E-state index in [1.54, 1.807) is 19.9 Å². The van der Waals surface area contributed by atoms with Crippen LogP contribution in [0.5, 0.6) is 11.5 Å². The topological polar surface area (TPSA) is 186 Å². The first-order chi connectivity index (χ1) is 21.2. The van der Waals surface area contributed by atoms with Gasteiger partial charge in [0.25, 0.3) is 0 Å². The van der Waals surface area contributed by atoms with Gasteiger partial charge < -0.3 is 50.0 Å². The average molecular weight is 649 g/mol. The van der Waals surface area contributed by atoms with Crippen LogP contribution in [-0.4, -0.2) is 102 Å². The molecule has 1 aromatic rings. The van der Waals surface area contributed by atoms with Crippen molar-refractivity contribution >= 4 is 5.78 Å². The standard InChI is InChI=1S/C35H52O11/c1-16-17-8-9-22-32(4)13-19(37)29(35(7,43)24-10-11-31(2,3)46-24)33(32,5)14-23(38)34(22,6)18(17)12-20(25(16)39)44-30-28(42)27(41)26(40)21(15-36)45-30/h12,19,21-22,24,26-30,36-37,39-43H,8-11,13-15H2,1-7H3/t19-,21-,22-,24-,26-,27+,28-,29+,30-,32+,33-,34+,35+/m1/s1. The maximum atomic E-state index is 14.7. The molecule has 2 saturated heterocycles. The van der Waals surface area contributed by atoms with E-state index < -0.39 is 77.3 Å². The van der Waals surface area contributed by atoms with Crippen LogP contribution in [0.2, 0.25) is 0 Å². The minimum Gasteiger partial charge on any atom is -0.504 e. The minimum atomic E-state index is -1.67. The molecule has 0 spiro atoms. The number of hydrogen-bond donors (Lipinski definition) is 7. The Morgan fingerprint density at radius 1 is 1.02 bits per heavy atom. The van der Waals surface area contributed by atoms with Gasteiger partial charge in [-0.2, -0.15) is 0 Å². The summed E-state index contributed by atoms with van der Waals surface area (Å²) < 4.78 is 17.8. The van der Waals surface area contributed by atoms with Crippen molar-refractivity contribution in [3.8, 4) is 11.5 Å². The Kier molecular flexibility index (Phi) is 8.02. The van der Waals surface area contributed by atoms with Gasteiger partial charge in [-0.1, -0.05) is 13.8 Å². The lowest BCUT2D eigenvalue weighted by molar-refractivity contribution is -0.277. The summed E-state index contributed by atoms with van der Waals surface area (Å²) in [5, 5.41) is 75.9. The number of phenols is 1. The predicted molar refractivity (Wildman–Crippen MR) is 165 cm³/mol. The van der Waals surface area contributed by atoms with Gasteiger partial charge in [-0.25, -0.2) is 0 Å². The molecule has 2 heterocycles. The summed E-state index contributed by atoms with van der Waals surface area (Å²) >= 11 is 0. The normalized spacial score (nSPS) is 46.3. The molecular formula is C35H52O11. The molecule has 4 fully saturated rings. The zero-order valence-electron chi connectivity index (χ0n) is 28.0. The van der Waals surface area contributed by atoms with Gasteiger partial charge in [0.2, 0.25) is 6.29 Å². The molecule has 0 radical (unpaired) electrons. The highest BCUT2D eigenvalue weighted by molar-refractivity contribution is 5.93. The van der Waals surface area contributed by atoms with Crippen molar-refractivity contribution in [2.75, 3.05) is 6.61 Å². The van der Waals surface area contributed by atoms with Crippen LogP contribution in [0.15, 0.2) is 6.07 Å². The molecule has 0 amide bonds. The van der Waals surface area contributed by atoms with Crippen molar-refractivity contribution in [2.24, 2.45) is 22.7 Å². The lowest BCUT2D eigenvalue weighted by Gasteiger charge is -2.62. The fourth-order valence-corrected chi connectivity index (χ4v) is 10.6. The van der Waals surface area contributed by atoms with E-state index in [1.807, 2.05) is 27.7 Å². The molecule has 2 aliphatic heterocycles. The lowest BCUT2D eigenvalue weighted by atomic mass is 9.41. The van der Waals surface area contributed by atoms with E-state index in [0.29, 0.717) is 36.8 Å².